The summed E-state index contributed by atoms with van der Waals surface area (Å²) in [6.07, 6.45) is 2.72. The zero-order valence-corrected chi connectivity index (χ0v) is 18.9. The zero-order chi connectivity index (χ0) is 22.5. The standard InChI is InChI=1S/C23H16BrClN4O3/c24-20-10-16(12-27-28-22-8-7-19(13-26-22)29(30)31)11-21(25)23(20)32-14-15-5-6-17-3-1-2-4-18(17)9-15/h1-13H,14H2,(H,26,28)/b27-12-. The van der Waals surface area contributed by atoms with E-state index in [1.165, 1.54) is 17.5 Å². The van der Waals surface area contributed by atoms with Gasteiger partial charge in [-0.2, -0.15) is 5.10 Å². The molecule has 0 aliphatic rings. The minimum atomic E-state index is -0.511. The smallest absolute Gasteiger partial charge is 0.287 e. The van der Waals surface area contributed by atoms with Crippen molar-refractivity contribution in [2.24, 2.45) is 5.10 Å². The van der Waals surface area contributed by atoms with Crippen molar-refractivity contribution in [1.82, 2.24) is 4.98 Å². The van der Waals surface area contributed by atoms with Gasteiger partial charge in [-0.15, -0.1) is 0 Å². The van der Waals surface area contributed by atoms with E-state index in [0.29, 0.717) is 27.7 Å². The molecule has 0 aliphatic carbocycles. The molecule has 0 bridgehead atoms. The fourth-order valence-electron chi connectivity index (χ4n) is 3.01. The van der Waals surface area contributed by atoms with Crippen LogP contribution in [0.4, 0.5) is 11.5 Å². The van der Waals surface area contributed by atoms with Gasteiger partial charge < -0.3 is 4.74 Å². The van der Waals surface area contributed by atoms with E-state index >= 15 is 0 Å². The number of rotatable bonds is 7. The van der Waals surface area contributed by atoms with Crippen molar-refractivity contribution in [1.29, 1.82) is 0 Å². The Morgan fingerprint density at radius 1 is 1.12 bits per heavy atom. The molecule has 0 spiro atoms. The number of hydrazone groups is 1. The molecule has 4 aromatic rings. The lowest BCUT2D eigenvalue weighted by atomic mass is 10.1. The number of hydrogen-bond acceptors (Lipinski definition) is 6. The Hall–Kier alpha value is -3.49. The van der Waals surface area contributed by atoms with Crippen molar-refractivity contribution < 1.29 is 9.66 Å². The first kappa shape index (κ1) is 21.7. The third-order valence-corrected chi connectivity index (χ3v) is 5.44. The van der Waals surface area contributed by atoms with Crippen molar-refractivity contribution in [3.05, 3.63) is 104 Å². The molecule has 3 aromatic carbocycles. The molecule has 0 saturated carbocycles. The Balaban J connectivity index is 1.41. The van der Waals surface area contributed by atoms with Crippen molar-refractivity contribution in [3.8, 4) is 5.75 Å². The topological polar surface area (TPSA) is 89.7 Å². The second-order valence-electron chi connectivity index (χ2n) is 6.81. The van der Waals surface area contributed by atoms with Crippen LogP contribution >= 0.6 is 27.5 Å². The van der Waals surface area contributed by atoms with Crippen molar-refractivity contribution >= 4 is 56.0 Å². The van der Waals surface area contributed by atoms with Gasteiger partial charge in [0.15, 0.2) is 5.75 Å². The quantitative estimate of drug-likeness (QED) is 0.172. The SMILES string of the molecule is O=[N+]([O-])c1ccc(N/N=C\c2cc(Cl)c(OCc3ccc4ccccc4c3)c(Br)c2)nc1. The number of nitrogens with one attached hydrogen (secondary N) is 1. The van der Waals surface area contributed by atoms with Crippen LogP contribution in [0.3, 0.4) is 0 Å². The summed E-state index contributed by atoms with van der Waals surface area (Å²) in [5.41, 5.74) is 4.40. The molecule has 0 aliphatic heterocycles. The highest BCUT2D eigenvalue weighted by Crippen LogP contribution is 2.35. The highest BCUT2D eigenvalue weighted by atomic mass is 79.9. The van der Waals surface area contributed by atoms with E-state index in [1.807, 2.05) is 24.3 Å². The van der Waals surface area contributed by atoms with Gasteiger partial charge in [0.2, 0.25) is 0 Å². The van der Waals surface area contributed by atoms with Crippen LogP contribution in [0.5, 0.6) is 5.75 Å². The van der Waals surface area contributed by atoms with E-state index in [0.717, 1.165) is 22.7 Å². The van der Waals surface area contributed by atoms with Gasteiger partial charge in [-0.05, 0) is 62.1 Å². The normalized spacial score (nSPS) is 11.1. The second-order valence-corrected chi connectivity index (χ2v) is 8.07. The lowest BCUT2D eigenvalue weighted by molar-refractivity contribution is -0.385. The number of aromatic nitrogens is 1. The maximum absolute atomic E-state index is 10.7. The summed E-state index contributed by atoms with van der Waals surface area (Å²) >= 11 is 9.93. The number of ether oxygens (including phenoxy) is 1. The van der Waals surface area contributed by atoms with E-state index < -0.39 is 4.92 Å². The maximum Gasteiger partial charge on any atom is 0.287 e. The number of fused-ring (bicyclic) bond motifs is 1. The molecule has 7 nitrogen and oxygen atoms in total. The average Bonchev–Trinajstić information content (AvgIpc) is 2.79. The Kier molecular flexibility index (Phi) is 6.63. The Morgan fingerprint density at radius 2 is 1.94 bits per heavy atom. The number of nitrogens with zero attached hydrogens (tertiary/aromatic N) is 3. The summed E-state index contributed by atoms with van der Waals surface area (Å²) in [6.45, 7) is 0.379. The lowest BCUT2D eigenvalue weighted by Gasteiger charge is -2.11. The van der Waals surface area contributed by atoms with Crippen LogP contribution in [0, 0.1) is 10.1 Å². The van der Waals surface area contributed by atoms with Gasteiger partial charge in [0, 0.05) is 6.07 Å². The number of nitro groups is 1. The van der Waals surface area contributed by atoms with E-state index in [1.54, 1.807) is 12.3 Å². The number of benzene rings is 3. The van der Waals surface area contributed by atoms with Crippen molar-refractivity contribution in [2.45, 2.75) is 6.61 Å². The molecule has 1 heterocycles. The predicted octanol–water partition coefficient (Wildman–Crippen LogP) is 6.58. The molecule has 0 atom stereocenters. The predicted molar refractivity (Wildman–Crippen MR) is 130 cm³/mol. The van der Waals surface area contributed by atoms with Gasteiger partial charge >= 0.3 is 0 Å². The second kappa shape index (κ2) is 9.76. The van der Waals surface area contributed by atoms with Crippen LogP contribution in [-0.2, 0) is 6.61 Å². The van der Waals surface area contributed by atoms with Crippen LogP contribution in [0.25, 0.3) is 10.8 Å². The number of anilines is 1. The minimum absolute atomic E-state index is 0.0884. The summed E-state index contributed by atoms with van der Waals surface area (Å²) in [5.74, 6) is 0.925. The molecule has 32 heavy (non-hydrogen) atoms. The molecule has 160 valence electrons. The van der Waals surface area contributed by atoms with E-state index in [9.17, 15) is 10.1 Å². The molecular weight excluding hydrogens is 496 g/mol. The van der Waals surface area contributed by atoms with Gasteiger partial charge in [-0.3, -0.25) is 15.5 Å². The molecule has 4 rings (SSSR count). The van der Waals surface area contributed by atoms with Crippen LogP contribution in [0.1, 0.15) is 11.1 Å². The van der Waals surface area contributed by atoms with E-state index in [2.05, 4.69) is 55.7 Å². The maximum atomic E-state index is 10.7. The largest absolute Gasteiger partial charge is 0.486 e. The third kappa shape index (κ3) is 5.22. The Labute approximate surface area is 197 Å². The van der Waals surface area contributed by atoms with Gasteiger partial charge in [0.25, 0.3) is 5.69 Å². The van der Waals surface area contributed by atoms with E-state index in [4.69, 9.17) is 16.3 Å². The monoisotopic (exact) mass is 510 g/mol. The van der Waals surface area contributed by atoms with Crippen LogP contribution in [0.2, 0.25) is 5.02 Å². The van der Waals surface area contributed by atoms with E-state index in [-0.39, 0.29) is 5.69 Å². The highest BCUT2D eigenvalue weighted by molar-refractivity contribution is 9.10. The lowest BCUT2D eigenvalue weighted by Crippen LogP contribution is -1.98. The molecule has 0 amide bonds. The van der Waals surface area contributed by atoms with Crippen LogP contribution in [0.15, 0.2) is 82.5 Å². The van der Waals surface area contributed by atoms with Gasteiger partial charge in [0.1, 0.15) is 18.6 Å². The van der Waals surface area contributed by atoms with Crippen LogP contribution in [-0.4, -0.2) is 16.1 Å². The fourth-order valence-corrected chi connectivity index (χ4v) is 4.00. The van der Waals surface area contributed by atoms with Crippen molar-refractivity contribution in [2.75, 3.05) is 5.43 Å². The molecule has 9 heteroatoms. The minimum Gasteiger partial charge on any atom is -0.486 e. The fraction of sp³-hybridized carbons (Fsp3) is 0.0435. The first-order chi connectivity index (χ1) is 15.5. The summed E-state index contributed by atoms with van der Waals surface area (Å²) in [6, 6.07) is 20.7. The summed E-state index contributed by atoms with van der Waals surface area (Å²) < 4.78 is 6.65. The molecular formula is C23H16BrClN4O3. The van der Waals surface area contributed by atoms with Crippen LogP contribution < -0.4 is 10.2 Å². The highest BCUT2D eigenvalue weighted by Gasteiger charge is 2.10. The Bertz CT molecular complexity index is 1290. The van der Waals surface area contributed by atoms with Gasteiger partial charge in [0.05, 0.1) is 20.6 Å². The first-order valence-electron chi connectivity index (χ1n) is 9.48. The summed E-state index contributed by atoms with van der Waals surface area (Å²) in [4.78, 5) is 14.1. The zero-order valence-electron chi connectivity index (χ0n) is 16.5. The third-order valence-electron chi connectivity index (χ3n) is 4.57. The van der Waals surface area contributed by atoms with Crippen molar-refractivity contribution in [3.63, 3.8) is 0 Å². The average molecular weight is 512 g/mol. The summed E-state index contributed by atoms with van der Waals surface area (Å²) in [7, 11) is 0. The van der Waals surface area contributed by atoms with Gasteiger partial charge in [-0.25, -0.2) is 4.98 Å². The molecule has 0 radical (unpaired) electrons. The molecule has 0 fully saturated rings. The molecule has 0 saturated heterocycles. The number of hydrogen-bond donors (Lipinski definition) is 1. The molecule has 1 N–H and O–H groups in total. The summed E-state index contributed by atoms with van der Waals surface area (Å²) in [5, 5.41) is 17.5. The number of halogens is 2. The van der Waals surface area contributed by atoms with Gasteiger partial charge in [-0.1, -0.05) is 48.0 Å². The number of pyridine rings is 1. The molecule has 1 aromatic heterocycles. The first-order valence-corrected chi connectivity index (χ1v) is 10.7. The Morgan fingerprint density at radius 3 is 2.66 bits per heavy atom. The molecule has 0 unspecified atom stereocenters.